The normalized spacial score (nSPS) is 25.6. The fourth-order valence-corrected chi connectivity index (χ4v) is 2.31. The van der Waals surface area contributed by atoms with Crippen molar-refractivity contribution >= 4 is 41.2 Å². The van der Waals surface area contributed by atoms with Gasteiger partial charge in [-0.3, -0.25) is 14.4 Å². The van der Waals surface area contributed by atoms with E-state index in [1.165, 1.54) is 18.4 Å². The summed E-state index contributed by atoms with van der Waals surface area (Å²) < 4.78 is 0. The number of carbonyl (C=O) groups is 3. The van der Waals surface area contributed by atoms with E-state index < -0.39 is 22.5 Å². The minimum Gasteiger partial charge on any atom is -0.346 e. The number of ketones is 1. The van der Waals surface area contributed by atoms with Crippen LogP contribution in [0.4, 0.5) is 0 Å². The maximum atomic E-state index is 12.0. The van der Waals surface area contributed by atoms with Crippen LogP contribution in [-0.4, -0.2) is 34.1 Å². The lowest BCUT2D eigenvalue weighted by Crippen LogP contribution is -2.59. The smallest absolute Gasteiger partial charge is 0.224 e. The molecule has 16 heavy (non-hydrogen) atoms. The van der Waals surface area contributed by atoms with Gasteiger partial charge in [0.1, 0.15) is 0 Å². The van der Waals surface area contributed by atoms with E-state index in [-0.39, 0.29) is 11.7 Å². The highest BCUT2D eigenvalue weighted by molar-refractivity contribution is 8.16. The Labute approximate surface area is 103 Å². The summed E-state index contributed by atoms with van der Waals surface area (Å²) in [6.45, 7) is 1.29. The van der Waals surface area contributed by atoms with Crippen LogP contribution in [0.2, 0.25) is 0 Å². The van der Waals surface area contributed by atoms with Crippen LogP contribution in [0, 0.1) is 0 Å². The molecular formula is C9H12N2O3S2. The molecule has 0 radical (unpaired) electrons. The van der Waals surface area contributed by atoms with Gasteiger partial charge in [-0.15, -0.1) is 0 Å². The molecule has 0 saturated heterocycles. The van der Waals surface area contributed by atoms with E-state index in [4.69, 9.17) is 5.73 Å². The number of carbonyl (C=O) groups excluding carboxylic acids is 3. The number of Topliss-reactive ketones (excluding diaryl/α,β-unsaturated/α-hetero) is 1. The van der Waals surface area contributed by atoms with Crippen LogP contribution in [0.15, 0.2) is 11.5 Å². The first-order valence-corrected chi connectivity index (χ1v) is 6.03. The van der Waals surface area contributed by atoms with Crippen LogP contribution in [0.3, 0.4) is 0 Å². The predicted octanol–water partition coefficient (Wildman–Crippen LogP) is -0.525. The van der Waals surface area contributed by atoms with Gasteiger partial charge in [0.25, 0.3) is 0 Å². The second kappa shape index (κ2) is 5.03. The van der Waals surface area contributed by atoms with E-state index in [1.54, 1.807) is 0 Å². The van der Waals surface area contributed by atoms with Gasteiger partial charge in [0.2, 0.25) is 11.0 Å². The minimum atomic E-state index is -1.64. The highest BCUT2D eigenvalue weighted by Gasteiger charge is 2.45. The number of hydrogen-bond donors (Lipinski definition) is 3. The molecule has 5 nitrogen and oxygen atoms in total. The Kier molecular flexibility index (Phi) is 4.17. The Balaban J connectivity index is 2.86. The van der Waals surface area contributed by atoms with Gasteiger partial charge < -0.3 is 11.1 Å². The van der Waals surface area contributed by atoms with Gasteiger partial charge in [0.05, 0.1) is 6.04 Å². The lowest BCUT2D eigenvalue weighted by Gasteiger charge is -2.23. The maximum Gasteiger partial charge on any atom is 0.224 e. The number of nitrogens with two attached hydrogens (primary N) is 1. The third-order valence-corrected chi connectivity index (χ3v) is 3.32. The quantitative estimate of drug-likeness (QED) is 0.467. The molecule has 88 valence electrons. The van der Waals surface area contributed by atoms with Crippen LogP contribution in [0.5, 0.6) is 0 Å². The summed E-state index contributed by atoms with van der Waals surface area (Å²) in [6.07, 6.45) is 1.35. The Morgan fingerprint density at radius 1 is 1.69 bits per heavy atom. The van der Waals surface area contributed by atoms with Crippen molar-refractivity contribution in [3.63, 3.8) is 0 Å². The first-order chi connectivity index (χ1) is 7.41. The molecule has 0 aromatic carbocycles. The summed E-state index contributed by atoms with van der Waals surface area (Å²) in [5.74, 6) is -0.801. The van der Waals surface area contributed by atoms with Crippen LogP contribution in [0.1, 0.15) is 6.92 Å². The maximum absolute atomic E-state index is 12.0. The van der Waals surface area contributed by atoms with Gasteiger partial charge in [-0.25, -0.2) is 0 Å². The summed E-state index contributed by atoms with van der Waals surface area (Å²) in [4.78, 5) is 34.3. The second-order valence-corrected chi connectivity index (χ2v) is 4.62. The van der Waals surface area contributed by atoms with Crippen molar-refractivity contribution in [2.45, 2.75) is 18.5 Å². The Hall–Kier alpha value is -0.790. The molecule has 2 unspecified atom stereocenters. The monoisotopic (exact) mass is 260 g/mol. The van der Waals surface area contributed by atoms with Crippen molar-refractivity contribution in [3.8, 4) is 0 Å². The molecule has 0 saturated carbocycles. The fourth-order valence-electron chi connectivity index (χ4n) is 1.28. The highest BCUT2D eigenvalue weighted by atomic mass is 32.2. The van der Waals surface area contributed by atoms with E-state index in [1.807, 2.05) is 0 Å². The van der Waals surface area contributed by atoms with Gasteiger partial charge in [-0.1, -0.05) is 11.8 Å². The summed E-state index contributed by atoms with van der Waals surface area (Å²) in [6, 6.07) is -0.849. The molecule has 0 aromatic heterocycles. The van der Waals surface area contributed by atoms with Gasteiger partial charge in [0.15, 0.2) is 11.3 Å². The molecule has 0 aliphatic carbocycles. The van der Waals surface area contributed by atoms with Crippen molar-refractivity contribution in [2.24, 2.45) is 5.73 Å². The van der Waals surface area contributed by atoms with E-state index >= 15 is 0 Å². The molecular weight excluding hydrogens is 248 g/mol. The van der Waals surface area contributed by atoms with Crippen LogP contribution >= 0.6 is 24.4 Å². The molecule has 0 aromatic rings. The van der Waals surface area contributed by atoms with E-state index in [9.17, 15) is 14.4 Å². The average Bonchev–Trinajstić information content (AvgIpc) is 2.56. The first kappa shape index (κ1) is 13.3. The molecule has 0 fully saturated rings. The van der Waals surface area contributed by atoms with Crippen molar-refractivity contribution in [1.82, 2.24) is 5.32 Å². The summed E-state index contributed by atoms with van der Waals surface area (Å²) in [7, 11) is 0. The summed E-state index contributed by atoms with van der Waals surface area (Å²) >= 11 is 4.83. The van der Waals surface area contributed by atoms with E-state index in [2.05, 4.69) is 17.9 Å². The number of thioether (sulfide) groups is 1. The van der Waals surface area contributed by atoms with Gasteiger partial charge in [0, 0.05) is 12.7 Å². The molecule has 2 atom stereocenters. The van der Waals surface area contributed by atoms with Crippen molar-refractivity contribution in [3.05, 3.63) is 11.5 Å². The fraction of sp³-hybridized carbons (Fsp3) is 0.444. The number of hydrogen-bond acceptors (Lipinski definition) is 6. The molecule has 1 aliphatic rings. The Morgan fingerprint density at radius 3 is 2.69 bits per heavy atom. The summed E-state index contributed by atoms with van der Waals surface area (Å²) in [5, 5.41) is 3.45. The van der Waals surface area contributed by atoms with Gasteiger partial charge >= 0.3 is 0 Å². The summed E-state index contributed by atoms with van der Waals surface area (Å²) in [5.41, 5.74) is 4.07. The molecule has 3 N–H and O–H groups in total. The zero-order valence-electron chi connectivity index (χ0n) is 8.60. The van der Waals surface area contributed by atoms with E-state index in [0.29, 0.717) is 0 Å². The molecule has 7 heteroatoms. The molecule has 1 heterocycles. The van der Waals surface area contributed by atoms with Gasteiger partial charge in [-0.2, -0.15) is 12.6 Å². The number of thiol groups is 1. The number of amides is 1. The number of rotatable bonds is 4. The molecule has 1 amide bonds. The van der Waals surface area contributed by atoms with Crippen molar-refractivity contribution < 1.29 is 14.4 Å². The number of nitrogens with one attached hydrogen (secondary N) is 1. The van der Waals surface area contributed by atoms with Crippen molar-refractivity contribution in [2.75, 3.05) is 5.75 Å². The zero-order chi connectivity index (χ0) is 12.3. The molecule has 0 spiro atoms. The standard InChI is InChI=1S/C9H12N2O3S2/c1-5(12)11-6(4-15)7(13)9(10)2-3-16-8(9)14/h2-3,6,15H,4,10H2,1H3,(H,11,12). The molecule has 1 rings (SSSR count). The topological polar surface area (TPSA) is 89.3 Å². The lowest BCUT2D eigenvalue weighted by atomic mass is 9.92. The first-order valence-electron chi connectivity index (χ1n) is 4.51. The Morgan fingerprint density at radius 2 is 2.31 bits per heavy atom. The second-order valence-electron chi connectivity index (χ2n) is 3.38. The molecule has 0 bridgehead atoms. The largest absolute Gasteiger partial charge is 0.346 e. The Bertz CT molecular complexity index is 370. The van der Waals surface area contributed by atoms with Crippen LogP contribution in [0.25, 0.3) is 0 Å². The minimum absolute atomic E-state index is 0.100. The van der Waals surface area contributed by atoms with Crippen LogP contribution < -0.4 is 11.1 Å². The SMILES string of the molecule is CC(=O)NC(CS)C(=O)C1(N)C=CSC1=O. The average molecular weight is 260 g/mol. The lowest BCUT2D eigenvalue weighted by molar-refractivity contribution is -0.132. The van der Waals surface area contributed by atoms with Gasteiger partial charge in [-0.05, 0) is 11.5 Å². The third kappa shape index (κ3) is 2.47. The van der Waals surface area contributed by atoms with Crippen LogP contribution in [-0.2, 0) is 14.4 Å². The predicted molar refractivity (Wildman–Crippen MR) is 65.1 cm³/mol. The van der Waals surface area contributed by atoms with E-state index in [0.717, 1.165) is 11.8 Å². The third-order valence-electron chi connectivity index (χ3n) is 2.13. The molecule has 1 aliphatic heterocycles. The van der Waals surface area contributed by atoms with Crippen molar-refractivity contribution in [1.29, 1.82) is 0 Å². The zero-order valence-corrected chi connectivity index (χ0v) is 10.3. The highest BCUT2D eigenvalue weighted by Crippen LogP contribution is 2.26.